The first-order chi connectivity index (χ1) is 13.5. The average molecular weight is 389 g/mol. The number of benzene rings is 1. The monoisotopic (exact) mass is 389 g/mol. The zero-order valence-corrected chi connectivity index (χ0v) is 15.1. The lowest BCUT2D eigenvalue weighted by molar-refractivity contribution is -0.122. The molecule has 1 atom stereocenters. The fraction of sp³-hybridized carbons (Fsp3) is 0.444. The SMILES string of the molecule is O=C(Cn1nc2n(c(=O)c1=O)CCN2c1ccc(F)cc1)NC[C@H]1CCCO1. The third-order valence-electron chi connectivity index (χ3n) is 4.89. The Hall–Kier alpha value is -3.01. The number of aromatic nitrogens is 3. The summed E-state index contributed by atoms with van der Waals surface area (Å²) in [4.78, 5) is 38.6. The van der Waals surface area contributed by atoms with Gasteiger partial charge in [0, 0.05) is 31.9 Å². The lowest BCUT2D eigenvalue weighted by Crippen LogP contribution is -2.45. The molecule has 3 heterocycles. The summed E-state index contributed by atoms with van der Waals surface area (Å²) < 4.78 is 20.8. The molecule has 9 nitrogen and oxygen atoms in total. The predicted molar refractivity (Wildman–Crippen MR) is 98.1 cm³/mol. The molecule has 2 aliphatic heterocycles. The molecule has 2 aromatic rings. The minimum atomic E-state index is -0.850. The highest BCUT2D eigenvalue weighted by atomic mass is 19.1. The van der Waals surface area contributed by atoms with Gasteiger partial charge in [0.05, 0.1) is 6.10 Å². The van der Waals surface area contributed by atoms with Crippen LogP contribution in [0.1, 0.15) is 12.8 Å². The van der Waals surface area contributed by atoms with E-state index in [2.05, 4.69) is 10.4 Å². The van der Waals surface area contributed by atoms with Crippen LogP contribution in [0.4, 0.5) is 16.0 Å². The van der Waals surface area contributed by atoms with Crippen LogP contribution in [0.5, 0.6) is 0 Å². The number of anilines is 2. The van der Waals surface area contributed by atoms with Crippen molar-refractivity contribution in [1.82, 2.24) is 19.7 Å². The Morgan fingerprint density at radius 2 is 2.00 bits per heavy atom. The van der Waals surface area contributed by atoms with Crippen molar-refractivity contribution in [3.63, 3.8) is 0 Å². The fourth-order valence-electron chi connectivity index (χ4n) is 3.42. The Kier molecular flexibility index (Phi) is 4.95. The summed E-state index contributed by atoms with van der Waals surface area (Å²) in [6, 6.07) is 5.76. The molecule has 148 valence electrons. The summed E-state index contributed by atoms with van der Waals surface area (Å²) in [6.45, 7) is 1.40. The lowest BCUT2D eigenvalue weighted by atomic mass is 10.2. The maximum absolute atomic E-state index is 13.2. The number of carbonyl (C=O) groups excluding carboxylic acids is 1. The van der Waals surface area contributed by atoms with Crippen molar-refractivity contribution in [2.24, 2.45) is 0 Å². The third-order valence-corrected chi connectivity index (χ3v) is 4.89. The molecule has 1 aromatic carbocycles. The van der Waals surface area contributed by atoms with Gasteiger partial charge >= 0.3 is 11.1 Å². The number of hydrogen-bond donors (Lipinski definition) is 1. The second-order valence-corrected chi connectivity index (χ2v) is 6.79. The molecule has 2 aliphatic rings. The molecule has 0 aliphatic carbocycles. The van der Waals surface area contributed by atoms with Crippen LogP contribution in [-0.4, -0.2) is 46.1 Å². The Morgan fingerprint density at radius 3 is 2.71 bits per heavy atom. The summed E-state index contributed by atoms with van der Waals surface area (Å²) in [5.41, 5.74) is -0.939. The maximum Gasteiger partial charge on any atom is 0.333 e. The molecular formula is C18H20FN5O4. The number of nitrogens with zero attached hydrogens (tertiary/aromatic N) is 4. The van der Waals surface area contributed by atoms with Gasteiger partial charge in [0.25, 0.3) is 0 Å². The largest absolute Gasteiger partial charge is 0.376 e. The van der Waals surface area contributed by atoms with Crippen LogP contribution in [0.2, 0.25) is 0 Å². The Morgan fingerprint density at radius 1 is 1.21 bits per heavy atom. The third kappa shape index (κ3) is 3.55. The molecule has 0 spiro atoms. The first kappa shape index (κ1) is 18.4. The van der Waals surface area contributed by atoms with E-state index in [-0.39, 0.29) is 24.4 Å². The van der Waals surface area contributed by atoms with E-state index in [0.29, 0.717) is 31.9 Å². The van der Waals surface area contributed by atoms with Crippen LogP contribution in [-0.2, 0) is 22.6 Å². The number of hydrogen-bond acceptors (Lipinski definition) is 6. The van der Waals surface area contributed by atoms with Gasteiger partial charge in [-0.3, -0.25) is 19.0 Å². The second kappa shape index (κ2) is 7.55. The fourth-order valence-corrected chi connectivity index (χ4v) is 3.42. The standard InChI is InChI=1S/C18H20FN5O4/c19-12-3-5-13(6-4-12)22-7-8-23-16(26)17(27)24(21-18(22)23)11-15(25)20-10-14-2-1-9-28-14/h3-6,14H,1-2,7-11H2,(H,20,25)/t14-/m1/s1. The zero-order chi connectivity index (χ0) is 19.7. The number of fused-ring (bicyclic) bond motifs is 1. The van der Waals surface area contributed by atoms with E-state index in [1.807, 2.05) is 0 Å². The summed E-state index contributed by atoms with van der Waals surface area (Å²) in [5, 5.41) is 6.93. The number of rotatable bonds is 5. The second-order valence-electron chi connectivity index (χ2n) is 6.79. The molecule has 1 aromatic heterocycles. The van der Waals surface area contributed by atoms with Crippen LogP contribution >= 0.6 is 0 Å². The smallest absolute Gasteiger partial charge is 0.333 e. The van der Waals surface area contributed by atoms with Crippen molar-refractivity contribution >= 4 is 17.5 Å². The van der Waals surface area contributed by atoms with E-state index in [9.17, 15) is 18.8 Å². The highest BCUT2D eigenvalue weighted by Crippen LogP contribution is 2.26. The van der Waals surface area contributed by atoms with E-state index >= 15 is 0 Å². The van der Waals surface area contributed by atoms with Crippen LogP contribution < -0.4 is 21.3 Å². The number of nitrogens with one attached hydrogen (secondary N) is 1. The summed E-state index contributed by atoms with van der Waals surface area (Å²) in [6.07, 6.45) is 1.82. The molecular weight excluding hydrogens is 369 g/mol. The van der Waals surface area contributed by atoms with E-state index < -0.39 is 17.0 Å². The average Bonchev–Trinajstić information content (AvgIpc) is 3.35. The molecule has 0 radical (unpaired) electrons. The van der Waals surface area contributed by atoms with E-state index in [0.717, 1.165) is 17.5 Å². The normalized spacial score (nSPS) is 18.3. The summed E-state index contributed by atoms with van der Waals surface area (Å²) >= 11 is 0. The Labute approximate surface area is 159 Å². The zero-order valence-electron chi connectivity index (χ0n) is 15.1. The van der Waals surface area contributed by atoms with Gasteiger partial charge in [0.15, 0.2) is 0 Å². The first-order valence-electron chi connectivity index (χ1n) is 9.16. The number of amides is 1. The van der Waals surface area contributed by atoms with Crippen LogP contribution in [0.15, 0.2) is 33.9 Å². The van der Waals surface area contributed by atoms with E-state index in [1.54, 1.807) is 17.0 Å². The maximum atomic E-state index is 13.2. The molecule has 0 saturated carbocycles. The minimum absolute atomic E-state index is 0.0201. The van der Waals surface area contributed by atoms with Crippen LogP contribution in [0.25, 0.3) is 0 Å². The molecule has 1 amide bonds. The molecule has 10 heteroatoms. The van der Waals surface area contributed by atoms with Gasteiger partial charge < -0.3 is 15.0 Å². The van der Waals surface area contributed by atoms with Crippen molar-refractivity contribution in [1.29, 1.82) is 0 Å². The van der Waals surface area contributed by atoms with Gasteiger partial charge in [-0.05, 0) is 37.1 Å². The van der Waals surface area contributed by atoms with Crippen molar-refractivity contribution in [3.05, 3.63) is 50.8 Å². The van der Waals surface area contributed by atoms with Gasteiger partial charge in [-0.25, -0.2) is 9.07 Å². The molecule has 1 saturated heterocycles. The lowest BCUT2D eigenvalue weighted by Gasteiger charge is -2.18. The Bertz CT molecular complexity index is 995. The van der Waals surface area contributed by atoms with Crippen molar-refractivity contribution in [2.75, 3.05) is 24.6 Å². The van der Waals surface area contributed by atoms with Gasteiger partial charge in [0.1, 0.15) is 12.4 Å². The van der Waals surface area contributed by atoms with Crippen molar-refractivity contribution in [3.8, 4) is 0 Å². The number of halogens is 1. The quantitative estimate of drug-likeness (QED) is 0.723. The van der Waals surface area contributed by atoms with Gasteiger partial charge in [-0.2, -0.15) is 0 Å². The van der Waals surface area contributed by atoms with Crippen molar-refractivity contribution < 1.29 is 13.9 Å². The molecule has 28 heavy (non-hydrogen) atoms. The number of ether oxygens (including phenoxy) is 1. The topological polar surface area (TPSA) is 98.5 Å². The van der Waals surface area contributed by atoms with Crippen molar-refractivity contribution in [2.45, 2.75) is 32.0 Å². The number of carbonyl (C=O) groups is 1. The summed E-state index contributed by atoms with van der Waals surface area (Å²) in [7, 11) is 0. The molecule has 1 fully saturated rings. The molecule has 1 N–H and O–H groups in total. The van der Waals surface area contributed by atoms with Crippen LogP contribution in [0, 0.1) is 5.82 Å². The van der Waals surface area contributed by atoms with E-state index in [1.165, 1.54) is 16.7 Å². The van der Waals surface area contributed by atoms with E-state index in [4.69, 9.17) is 4.74 Å². The van der Waals surface area contributed by atoms with Gasteiger partial charge in [-0.1, -0.05) is 0 Å². The van der Waals surface area contributed by atoms with Gasteiger partial charge in [0.2, 0.25) is 11.9 Å². The Balaban J connectivity index is 1.56. The van der Waals surface area contributed by atoms with Crippen LogP contribution in [0.3, 0.4) is 0 Å². The highest BCUT2D eigenvalue weighted by Gasteiger charge is 2.26. The summed E-state index contributed by atoms with van der Waals surface area (Å²) in [5.74, 6) is -0.537. The molecule has 4 rings (SSSR count). The highest BCUT2D eigenvalue weighted by molar-refractivity contribution is 5.75. The predicted octanol–water partition coefficient (Wildman–Crippen LogP) is -0.00900. The first-order valence-corrected chi connectivity index (χ1v) is 9.16. The minimum Gasteiger partial charge on any atom is -0.376 e. The van der Waals surface area contributed by atoms with Gasteiger partial charge in [-0.15, -0.1) is 5.10 Å². The molecule has 0 unspecified atom stereocenters. The molecule has 0 bridgehead atoms.